The Morgan fingerprint density at radius 2 is 1.62 bits per heavy atom. The smallest absolute Gasteiger partial charge is 0.323 e. The normalized spacial score (nSPS) is 36.1. The number of anilines is 2. The molecule has 0 spiro atoms. The molecule has 5 aliphatic rings. The summed E-state index contributed by atoms with van der Waals surface area (Å²) in [5, 5.41) is 3.35. The van der Waals surface area contributed by atoms with Gasteiger partial charge in [0.25, 0.3) is 0 Å². The van der Waals surface area contributed by atoms with Crippen molar-refractivity contribution < 1.29 is 33.2 Å². The third kappa shape index (κ3) is 4.67. The van der Waals surface area contributed by atoms with E-state index in [2.05, 4.69) is 25.2 Å². The Morgan fingerprint density at radius 3 is 2.38 bits per heavy atom. The van der Waals surface area contributed by atoms with Crippen molar-refractivity contribution >= 4 is 11.9 Å². The van der Waals surface area contributed by atoms with E-state index in [9.17, 15) is 0 Å². The molecule has 5 atom stereocenters. The molecule has 1 N–H and O–H groups in total. The fourth-order valence-electron chi connectivity index (χ4n) is 4.77. The second-order valence-electron chi connectivity index (χ2n) is 10.3. The van der Waals surface area contributed by atoms with Crippen molar-refractivity contribution in [3.63, 3.8) is 0 Å². The van der Waals surface area contributed by atoms with Crippen LogP contribution < -0.4 is 15.0 Å². The van der Waals surface area contributed by atoms with Gasteiger partial charge in [-0.3, -0.25) is 0 Å². The third-order valence-corrected chi connectivity index (χ3v) is 6.44. The first-order valence-corrected chi connectivity index (χ1v) is 12.1. The van der Waals surface area contributed by atoms with Crippen LogP contribution in [-0.2, 0) is 28.4 Å². The van der Waals surface area contributed by atoms with Gasteiger partial charge in [-0.05, 0) is 40.5 Å². The van der Waals surface area contributed by atoms with E-state index >= 15 is 0 Å². The van der Waals surface area contributed by atoms with E-state index in [0.717, 1.165) is 25.9 Å². The van der Waals surface area contributed by atoms with Crippen LogP contribution >= 0.6 is 0 Å². The number of nitrogens with zero attached hydrogens (tertiary/aromatic N) is 4. The number of morpholine rings is 1. The topological polar surface area (TPSA) is 119 Å². The highest BCUT2D eigenvalue weighted by Crippen LogP contribution is 2.44. The fourth-order valence-corrected chi connectivity index (χ4v) is 4.77. The number of hydrogen-bond acceptors (Lipinski definition) is 12. The number of rotatable bonds is 6. The lowest BCUT2D eigenvalue weighted by molar-refractivity contribution is -0.238. The van der Waals surface area contributed by atoms with E-state index in [1.165, 1.54) is 0 Å². The lowest BCUT2D eigenvalue weighted by Gasteiger charge is -2.36. The monoisotopic (exact) mass is 479 g/mol. The second kappa shape index (κ2) is 8.38. The number of nitrogens with one attached hydrogen (secondary N) is 1. The quantitative estimate of drug-likeness (QED) is 0.628. The van der Waals surface area contributed by atoms with Crippen molar-refractivity contribution in [1.82, 2.24) is 15.0 Å². The van der Waals surface area contributed by atoms with E-state index in [1.54, 1.807) is 0 Å². The number of ether oxygens (including phenoxy) is 7. The molecule has 5 heterocycles. The number of aromatic nitrogens is 3. The first-order valence-electron chi connectivity index (χ1n) is 12.1. The summed E-state index contributed by atoms with van der Waals surface area (Å²) in [5.74, 6) is -0.432. The third-order valence-electron chi connectivity index (χ3n) is 6.44. The van der Waals surface area contributed by atoms with Crippen LogP contribution in [0.5, 0.6) is 6.01 Å². The zero-order valence-corrected chi connectivity index (χ0v) is 20.1. The molecule has 0 unspecified atom stereocenters. The Morgan fingerprint density at radius 1 is 0.912 bits per heavy atom. The zero-order valence-electron chi connectivity index (χ0n) is 20.1. The summed E-state index contributed by atoms with van der Waals surface area (Å²) in [6, 6.07) is 0.644. The highest BCUT2D eigenvalue weighted by molar-refractivity contribution is 5.40. The summed E-state index contributed by atoms with van der Waals surface area (Å²) >= 11 is 0. The molecule has 0 radical (unpaired) electrons. The molecule has 12 nitrogen and oxygen atoms in total. The average molecular weight is 480 g/mol. The van der Waals surface area contributed by atoms with Crippen LogP contribution in [0.3, 0.4) is 0 Å². The molecule has 0 bridgehead atoms. The average Bonchev–Trinajstić information content (AvgIpc) is 3.45. The fraction of sp³-hybridized carbons (Fsp3) is 0.864. The van der Waals surface area contributed by atoms with E-state index in [1.807, 2.05) is 27.7 Å². The Bertz CT molecular complexity index is 908. The first-order chi connectivity index (χ1) is 16.2. The van der Waals surface area contributed by atoms with Crippen molar-refractivity contribution in [2.45, 2.75) is 88.9 Å². The van der Waals surface area contributed by atoms with Gasteiger partial charge in [0.2, 0.25) is 11.9 Å². The predicted octanol–water partition coefficient (Wildman–Crippen LogP) is 1.06. The van der Waals surface area contributed by atoms with E-state index < -0.39 is 24.0 Å². The van der Waals surface area contributed by atoms with Gasteiger partial charge in [-0.15, -0.1) is 0 Å². The van der Waals surface area contributed by atoms with Gasteiger partial charge in [-0.1, -0.05) is 0 Å². The molecule has 5 fully saturated rings. The Labute approximate surface area is 198 Å². The maximum atomic E-state index is 6.24. The summed E-state index contributed by atoms with van der Waals surface area (Å²) in [4.78, 5) is 15.8. The molecule has 4 saturated heterocycles. The van der Waals surface area contributed by atoms with Gasteiger partial charge in [0.05, 0.1) is 13.2 Å². The van der Waals surface area contributed by atoms with Gasteiger partial charge in [0, 0.05) is 19.1 Å². The summed E-state index contributed by atoms with van der Waals surface area (Å²) in [5.41, 5.74) is 0. The van der Waals surface area contributed by atoms with Gasteiger partial charge >= 0.3 is 6.01 Å². The molecule has 1 saturated carbocycles. The van der Waals surface area contributed by atoms with Gasteiger partial charge in [0.1, 0.15) is 31.0 Å². The van der Waals surface area contributed by atoms with Crippen molar-refractivity contribution in [2.24, 2.45) is 0 Å². The summed E-state index contributed by atoms with van der Waals surface area (Å²) in [6.45, 7) is 10.4. The lowest BCUT2D eigenvalue weighted by Crippen LogP contribution is -2.56. The molecular weight excluding hydrogens is 446 g/mol. The van der Waals surface area contributed by atoms with E-state index in [0.29, 0.717) is 31.2 Å². The zero-order chi connectivity index (χ0) is 23.5. The van der Waals surface area contributed by atoms with Crippen molar-refractivity contribution in [2.75, 3.05) is 43.1 Å². The standard InChI is InChI=1S/C22H33N5O7/c1-21(2)31-14-13(30-17-16(15(14)32-21)33-22(3,4)34-17)11-29-20-25-18(23-12-5-6-12)24-19(26-20)27-7-9-28-10-8-27/h12-17H,5-11H2,1-4H3,(H,23,24,25,26)/t13-,14+,15+,16-,17-/m1/s1. The maximum Gasteiger partial charge on any atom is 0.323 e. The highest BCUT2D eigenvalue weighted by atomic mass is 16.9. The molecule has 0 amide bonds. The van der Waals surface area contributed by atoms with Crippen molar-refractivity contribution in [1.29, 1.82) is 0 Å². The van der Waals surface area contributed by atoms with Crippen molar-refractivity contribution in [3.05, 3.63) is 0 Å². The predicted molar refractivity (Wildman–Crippen MR) is 118 cm³/mol. The largest absolute Gasteiger partial charge is 0.460 e. The number of fused-ring (bicyclic) bond motifs is 3. The molecule has 12 heteroatoms. The molecule has 6 rings (SSSR count). The molecule has 34 heavy (non-hydrogen) atoms. The minimum Gasteiger partial charge on any atom is -0.460 e. The Hall–Kier alpha value is -1.83. The van der Waals surface area contributed by atoms with Gasteiger partial charge in [-0.25, -0.2) is 0 Å². The van der Waals surface area contributed by atoms with Gasteiger partial charge in [-0.2, -0.15) is 15.0 Å². The van der Waals surface area contributed by atoms with Gasteiger partial charge < -0.3 is 43.4 Å². The molecule has 4 aliphatic heterocycles. The molecule has 188 valence electrons. The maximum absolute atomic E-state index is 6.24. The van der Waals surface area contributed by atoms with Crippen LogP contribution in [0.25, 0.3) is 0 Å². The van der Waals surface area contributed by atoms with Crippen LogP contribution in [0.2, 0.25) is 0 Å². The van der Waals surface area contributed by atoms with Gasteiger partial charge in [0.15, 0.2) is 17.9 Å². The van der Waals surface area contributed by atoms with Crippen LogP contribution in [0.15, 0.2) is 0 Å². The summed E-state index contributed by atoms with van der Waals surface area (Å²) < 4.78 is 42.2. The summed E-state index contributed by atoms with van der Waals surface area (Å²) in [6.07, 6.45) is 0.115. The molecular formula is C22H33N5O7. The van der Waals surface area contributed by atoms with Crippen LogP contribution in [0.4, 0.5) is 11.9 Å². The molecule has 1 aromatic heterocycles. The van der Waals surface area contributed by atoms with E-state index in [4.69, 9.17) is 33.2 Å². The number of hydrogen-bond donors (Lipinski definition) is 1. The second-order valence-corrected chi connectivity index (χ2v) is 10.3. The first kappa shape index (κ1) is 22.6. The van der Waals surface area contributed by atoms with Crippen LogP contribution in [-0.4, -0.2) is 96.2 Å². The minimum atomic E-state index is -0.767. The van der Waals surface area contributed by atoms with E-state index in [-0.39, 0.29) is 30.9 Å². The molecule has 1 aromatic rings. The Kier molecular flexibility index (Phi) is 5.58. The summed E-state index contributed by atoms with van der Waals surface area (Å²) in [7, 11) is 0. The van der Waals surface area contributed by atoms with Crippen molar-refractivity contribution in [3.8, 4) is 6.01 Å². The molecule has 1 aliphatic carbocycles. The highest BCUT2D eigenvalue weighted by Gasteiger charge is 2.60. The Balaban J connectivity index is 1.20. The van der Waals surface area contributed by atoms with Crippen LogP contribution in [0.1, 0.15) is 40.5 Å². The molecule has 0 aromatic carbocycles. The van der Waals surface area contributed by atoms with Crippen LogP contribution in [0, 0.1) is 0 Å². The SMILES string of the molecule is CC1(C)O[C@H]2[C@@H](O1)[C@@H](COc1nc(NC3CC3)nc(N3CCOCC3)n1)O[C@@H]1OC(C)(C)O[C@@H]12. The lowest BCUT2D eigenvalue weighted by atomic mass is 9.99. The minimum absolute atomic E-state index is 0.170.